The van der Waals surface area contributed by atoms with Gasteiger partial charge in [0.1, 0.15) is 5.88 Å². The number of alkyl halides is 1. The minimum Gasteiger partial charge on any atom is -0.378 e. The first-order valence-electron chi connectivity index (χ1n) is 7.53. The van der Waals surface area contributed by atoms with E-state index in [1.54, 1.807) is 11.8 Å². The Bertz CT molecular complexity index is 727. The number of thioether (sulfide) groups is 1. The lowest BCUT2D eigenvalue weighted by Gasteiger charge is -2.11. The van der Waals surface area contributed by atoms with Gasteiger partial charge >= 0.3 is 0 Å². The third kappa shape index (κ3) is 5.05. The number of amides is 1. The molecule has 1 amide bonds. The van der Waals surface area contributed by atoms with E-state index in [9.17, 15) is 4.79 Å². The zero-order valence-electron chi connectivity index (χ0n) is 14.0. The number of benzene rings is 2. The van der Waals surface area contributed by atoms with Gasteiger partial charge in [-0.1, -0.05) is 30.4 Å². The van der Waals surface area contributed by atoms with Gasteiger partial charge in [-0.3, -0.25) is 4.79 Å². The SMILES string of the molecule is CSc1cc(/C=C/c2ccc(N(C)C)cc2)ccc1NC(=O)CCl. The molecule has 0 saturated carbocycles. The van der Waals surface area contributed by atoms with E-state index in [1.165, 1.54) is 5.69 Å². The Morgan fingerprint density at radius 1 is 1.12 bits per heavy atom. The Kier molecular flexibility index (Phi) is 6.76. The van der Waals surface area contributed by atoms with E-state index in [0.717, 1.165) is 21.7 Å². The van der Waals surface area contributed by atoms with Crippen LogP contribution in [0.5, 0.6) is 0 Å². The highest BCUT2D eigenvalue weighted by Gasteiger charge is 2.05. The van der Waals surface area contributed by atoms with Crippen molar-refractivity contribution in [3.05, 3.63) is 53.6 Å². The standard InChI is InChI=1S/C19H21ClN2OS/c1-22(2)16-9-6-14(7-10-16)4-5-15-8-11-17(18(12-15)24-3)21-19(23)13-20/h4-12H,13H2,1-3H3,(H,21,23)/b5-4+. The maximum absolute atomic E-state index is 11.5. The van der Waals surface area contributed by atoms with Crippen molar-refractivity contribution in [1.29, 1.82) is 0 Å². The molecule has 0 aliphatic rings. The number of hydrogen-bond acceptors (Lipinski definition) is 3. The third-order valence-corrected chi connectivity index (χ3v) is 4.52. The number of rotatable bonds is 6. The van der Waals surface area contributed by atoms with Gasteiger partial charge in [-0.2, -0.15) is 0 Å². The number of halogens is 1. The smallest absolute Gasteiger partial charge is 0.239 e. The molecule has 126 valence electrons. The second kappa shape index (κ2) is 8.81. The van der Waals surface area contributed by atoms with Crippen LogP contribution >= 0.6 is 23.4 Å². The fourth-order valence-electron chi connectivity index (χ4n) is 2.17. The van der Waals surface area contributed by atoms with E-state index < -0.39 is 0 Å². The van der Waals surface area contributed by atoms with Gasteiger partial charge in [0.05, 0.1) is 5.69 Å². The molecular weight excluding hydrogens is 340 g/mol. The van der Waals surface area contributed by atoms with Crippen molar-refractivity contribution in [1.82, 2.24) is 0 Å². The Balaban J connectivity index is 2.15. The molecule has 1 N–H and O–H groups in total. The molecule has 0 aliphatic carbocycles. The molecule has 2 aromatic carbocycles. The van der Waals surface area contributed by atoms with Crippen molar-refractivity contribution in [2.75, 3.05) is 36.4 Å². The Hall–Kier alpha value is -1.91. The summed E-state index contributed by atoms with van der Waals surface area (Å²) in [5.74, 6) is -0.241. The van der Waals surface area contributed by atoms with Crippen LogP contribution in [0.3, 0.4) is 0 Å². The van der Waals surface area contributed by atoms with Gasteiger partial charge in [0.2, 0.25) is 5.91 Å². The molecule has 0 spiro atoms. The predicted octanol–water partition coefficient (Wildman–Crippen LogP) is 4.82. The topological polar surface area (TPSA) is 32.3 Å². The predicted molar refractivity (Wildman–Crippen MR) is 107 cm³/mol. The van der Waals surface area contributed by atoms with E-state index in [1.807, 2.05) is 32.5 Å². The Labute approximate surface area is 152 Å². The molecule has 0 atom stereocenters. The van der Waals surface area contributed by atoms with Crippen LogP contribution in [-0.4, -0.2) is 32.1 Å². The molecule has 3 nitrogen and oxygen atoms in total. The van der Waals surface area contributed by atoms with Gasteiger partial charge in [-0.25, -0.2) is 0 Å². The van der Waals surface area contributed by atoms with Crippen LogP contribution < -0.4 is 10.2 Å². The summed E-state index contributed by atoms with van der Waals surface area (Å²) in [6.07, 6.45) is 6.13. The Morgan fingerprint density at radius 3 is 2.33 bits per heavy atom. The van der Waals surface area contributed by atoms with Gasteiger partial charge in [0, 0.05) is 24.7 Å². The van der Waals surface area contributed by atoms with Crippen molar-refractivity contribution in [3.8, 4) is 0 Å². The van der Waals surface area contributed by atoms with Crippen LogP contribution in [-0.2, 0) is 4.79 Å². The maximum atomic E-state index is 11.5. The molecule has 24 heavy (non-hydrogen) atoms. The normalized spacial score (nSPS) is 10.8. The summed E-state index contributed by atoms with van der Waals surface area (Å²) in [6, 6.07) is 14.3. The number of nitrogens with one attached hydrogen (secondary N) is 1. The number of carbonyl (C=O) groups is 1. The van der Waals surface area contributed by atoms with E-state index >= 15 is 0 Å². The van der Waals surface area contributed by atoms with Crippen LogP contribution in [0.2, 0.25) is 0 Å². The van der Waals surface area contributed by atoms with Crippen molar-refractivity contribution in [2.24, 2.45) is 0 Å². The number of hydrogen-bond donors (Lipinski definition) is 1. The molecule has 2 aromatic rings. The first kappa shape index (κ1) is 18.4. The molecule has 0 saturated heterocycles. The molecule has 5 heteroatoms. The van der Waals surface area contributed by atoms with Crippen LogP contribution in [0.4, 0.5) is 11.4 Å². The summed E-state index contributed by atoms with van der Waals surface area (Å²) >= 11 is 7.14. The van der Waals surface area contributed by atoms with Gasteiger partial charge < -0.3 is 10.2 Å². The second-order valence-corrected chi connectivity index (χ2v) is 6.58. The van der Waals surface area contributed by atoms with Crippen molar-refractivity contribution >= 4 is 52.8 Å². The Morgan fingerprint density at radius 2 is 1.75 bits per heavy atom. The molecule has 0 radical (unpaired) electrons. The summed E-state index contributed by atoms with van der Waals surface area (Å²) in [4.78, 5) is 14.5. The van der Waals surface area contributed by atoms with Crippen LogP contribution in [0, 0.1) is 0 Å². The quantitative estimate of drug-likeness (QED) is 0.455. The van der Waals surface area contributed by atoms with E-state index in [4.69, 9.17) is 11.6 Å². The van der Waals surface area contributed by atoms with E-state index in [-0.39, 0.29) is 11.8 Å². The third-order valence-electron chi connectivity index (χ3n) is 3.50. The van der Waals surface area contributed by atoms with Crippen molar-refractivity contribution in [2.45, 2.75) is 4.90 Å². The lowest BCUT2D eigenvalue weighted by Crippen LogP contribution is -2.13. The second-order valence-electron chi connectivity index (χ2n) is 5.46. The summed E-state index contributed by atoms with van der Waals surface area (Å²) in [5.41, 5.74) is 4.20. The molecule has 0 heterocycles. The maximum Gasteiger partial charge on any atom is 0.239 e. The summed E-state index contributed by atoms with van der Waals surface area (Å²) in [6.45, 7) is 0. The average molecular weight is 361 g/mol. The molecule has 0 aliphatic heterocycles. The number of nitrogens with zero attached hydrogens (tertiary/aromatic N) is 1. The largest absolute Gasteiger partial charge is 0.378 e. The zero-order valence-corrected chi connectivity index (χ0v) is 15.6. The van der Waals surface area contributed by atoms with Crippen molar-refractivity contribution in [3.63, 3.8) is 0 Å². The van der Waals surface area contributed by atoms with E-state index in [0.29, 0.717) is 0 Å². The monoisotopic (exact) mass is 360 g/mol. The van der Waals surface area contributed by atoms with Gasteiger partial charge in [-0.15, -0.1) is 23.4 Å². The first-order valence-corrected chi connectivity index (χ1v) is 9.28. The fourth-order valence-corrected chi connectivity index (χ4v) is 2.83. The zero-order chi connectivity index (χ0) is 17.5. The highest BCUT2D eigenvalue weighted by Crippen LogP contribution is 2.27. The van der Waals surface area contributed by atoms with Gasteiger partial charge in [0.25, 0.3) is 0 Å². The molecule has 2 rings (SSSR count). The van der Waals surface area contributed by atoms with Gasteiger partial charge in [-0.05, 0) is 41.6 Å². The molecule has 0 fully saturated rings. The van der Waals surface area contributed by atoms with Crippen molar-refractivity contribution < 1.29 is 4.79 Å². The highest BCUT2D eigenvalue weighted by atomic mass is 35.5. The number of carbonyl (C=O) groups excluding carboxylic acids is 1. The van der Waals surface area contributed by atoms with Gasteiger partial charge in [0.15, 0.2) is 0 Å². The fraction of sp³-hybridized carbons (Fsp3) is 0.211. The molecule has 0 aromatic heterocycles. The average Bonchev–Trinajstić information content (AvgIpc) is 2.60. The lowest BCUT2D eigenvalue weighted by atomic mass is 10.1. The molecular formula is C19H21ClN2OS. The summed E-state index contributed by atoms with van der Waals surface area (Å²) in [5, 5.41) is 2.81. The van der Waals surface area contributed by atoms with Crippen LogP contribution in [0.15, 0.2) is 47.4 Å². The minimum atomic E-state index is -0.198. The number of anilines is 2. The highest BCUT2D eigenvalue weighted by molar-refractivity contribution is 7.98. The summed E-state index contributed by atoms with van der Waals surface area (Å²) < 4.78 is 0. The summed E-state index contributed by atoms with van der Waals surface area (Å²) in [7, 11) is 4.05. The van der Waals surface area contributed by atoms with E-state index in [2.05, 4.69) is 52.7 Å². The van der Waals surface area contributed by atoms with Crippen LogP contribution in [0.1, 0.15) is 11.1 Å². The molecule has 0 bridgehead atoms. The van der Waals surface area contributed by atoms with Crippen LogP contribution in [0.25, 0.3) is 12.2 Å². The minimum absolute atomic E-state index is 0.0432. The molecule has 0 unspecified atom stereocenters. The first-order chi connectivity index (χ1) is 11.5. The lowest BCUT2D eigenvalue weighted by molar-refractivity contribution is -0.113.